The van der Waals surface area contributed by atoms with Crippen LogP contribution in [-0.4, -0.2) is 30.7 Å². The number of benzene rings is 1. The van der Waals surface area contributed by atoms with Crippen molar-refractivity contribution in [3.8, 4) is 0 Å². The zero-order valence-corrected chi connectivity index (χ0v) is 11.0. The van der Waals surface area contributed by atoms with E-state index in [1.807, 2.05) is 0 Å². The number of hydrogen-bond acceptors (Lipinski definition) is 2. The fourth-order valence-electron chi connectivity index (χ4n) is 1.57. The van der Waals surface area contributed by atoms with E-state index in [0.29, 0.717) is 5.69 Å². The Hall–Kier alpha value is -2.25. The lowest BCUT2D eigenvalue weighted by Gasteiger charge is -2.09. The van der Waals surface area contributed by atoms with E-state index in [4.69, 9.17) is 0 Å². The second kappa shape index (κ2) is 6.02. The number of amides is 3. The van der Waals surface area contributed by atoms with Crippen LogP contribution in [-0.2, 0) is 0 Å². The lowest BCUT2D eigenvalue weighted by Crippen LogP contribution is -2.33. The van der Waals surface area contributed by atoms with Crippen LogP contribution in [0.5, 0.6) is 0 Å². The summed E-state index contributed by atoms with van der Waals surface area (Å²) in [5.41, 5.74) is 0.549. The third kappa shape index (κ3) is 5.33. The highest BCUT2D eigenvalue weighted by Crippen LogP contribution is 2.19. The number of hydrogen-bond donors (Lipinski definition) is 3. The molecule has 0 saturated heterocycles. The molecule has 0 unspecified atom stereocenters. The average molecular weight is 301 g/mol. The second-order valence-corrected chi connectivity index (χ2v) is 4.75. The second-order valence-electron chi connectivity index (χ2n) is 4.75. The molecule has 0 heterocycles. The Morgan fingerprint density at radius 1 is 1.14 bits per heavy atom. The van der Waals surface area contributed by atoms with Gasteiger partial charge in [-0.2, -0.15) is 13.2 Å². The highest BCUT2D eigenvalue weighted by Gasteiger charge is 2.28. The summed E-state index contributed by atoms with van der Waals surface area (Å²) in [6, 6.07) is 5.48. The van der Waals surface area contributed by atoms with E-state index in [2.05, 4.69) is 10.6 Å². The smallest absolute Gasteiger partial charge is 0.343 e. The molecule has 0 atom stereocenters. The lowest BCUT2D eigenvalue weighted by molar-refractivity contribution is -0.123. The summed E-state index contributed by atoms with van der Waals surface area (Å²) < 4.78 is 35.9. The van der Waals surface area contributed by atoms with Crippen LogP contribution < -0.4 is 16.0 Å². The third-order valence-electron chi connectivity index (χ3n) is 2.77. The van der Waals surface area contributed by atoms with Gasteiger partial charge in [-0.05, 0) is 37.1 Å². The van der Waals surface area contributed by atoms with Crippen molar-refractivity contribution in [2.45, 2.75) is 25.1 Å². The number of alkyl halides is 3. The normalized spacial score (nSPS) is 14.4. The average Bonchev–Trinajstić information content (AvgIpc) is 3.19. The van der Waals surface area contributed by atoms with Gasteiger partial charge in [0.05, 0.1) is 0 Å². The zero-order chi connectivity index (χ0) is 15.5. The third-order valence-corrected chi connectivity index (χ3v) is 2.77. The van der Waals surface area contributed by atoms with E-state index < -0.39 is 18.6 Å². The Bertz CT molecular complexity index is 524. The van der Waals surface area contributed by atoms with Gasteiger partial charge in [-0.3, -0.25) is 4.79 Å². The number of nitrogens with one attached hydrogen (secondary N) is 3. The number of anilines is 1. The molecule has 3 N–H and O–H groups in total. The van der Waals surface area contributed by atoms with E-state index in [-0.39, 0.29) is 17.6 Å². The van der Waals surface area contributed by atoms with Crippen molar-refractivity contribution in [1.29, 1.82) is 0 Å². The number of rotatable bonds is 4. The molecule has 1 aromatic carbocycles. The molecular formula is C13H14F3N3O2. The molecule has 1 aliphatic carbocycles. The van der Waals surface area contributed by atoms with Gasteiger partial charge in [0.15, 0.2) is 0 Å². The highest BCUT2D eigenvalue weighted by molar-refractivity contribution is 5.95. The summed E-state index contributed by atoms with van der Waals surface area (Å²) in [5, 5.41) is 7.07. The minimum atomic E-state index is -4.45. The van der Waals surface area contributed by atoms with Crippen LogP contribution in [0.1, 0.15) is 23.2 Å². The number of halogens is 3. The van der Waals surface area contributed by atoms with Crippen molar-refractivity contribution < 1.29 is 22.8 Å². The summed E-state index contributed by atoms with van der Waals surface area (Å²) in [6.45, 7) is -1.38. The van der Waals surface area contributed by atoms with Crippen molar-refractivity contribution >= 4 is 17.6 Å². The summed E-state index contributed by atoms with van der Waals surface area (Å²) in [4.78, 5) is 22.9. The SMILES string of the molecule is O=C(Nc1ccc(C(=O)NCC(F)(F)F)cc1)NC1CC1. The van der Waals surface area contributed by atoms with Gasteiger partial charge < -0.3 is 16.0 Å². The van der Waals surface area contributed by atoms with Crippen LogP contribution in [0.3, 0.4) is 0 Å². The van der Waals surface area contributed by atoms with Crippen molar-refractivity contribution in [3.63, 3.8) is 0 Å². The molecule has 1 saturated carbocycles. The maximum Gasteiger partial charge on any atom is 0.405 e. The summed E-state index contributed by atoms with van der Waals surface area (Å²) in [5.74, 6) is -0.818. The first-order valence-electron chi connectivity index (χ1n) is 6.36. The Kier molecular flexibility index (Phi) is 4.35. The van der Waals surface area contributed by atoms with E-state index in [1.54, 1.807) is 5.32 Å². The van der Waals surface area contributed by atoms with Crippen molar-refractivity contribution in [1.82, 2.24) is 10.6 Å². The molecule has 0 radical (unpaired) electrons. The van der Waals surface area contributed by atoms with Crippen LogP contribution in [0.25, 0.3) is 0 Å². The first kappa shape index (κ1) is 15.1. The minimum Gasteiger partial charge on any atom is -0.343 e. The topological polar surface area (TPSA) is 70.2 Å². The molecule has 114 valence electrons. The molecule has 0 aromatic heterocycles. The summed E-state index contributed by atoms with van der Waals surface area (Å²) in [6.07, 6.45) is -2.52. The summed E-state index contributed by atoms with van der Waals surface area (Å²) >= 11 is 0. The maximum atomic E-state index is 12.0. The van der Waals surface area contributed by atoms with Crippen molar-refractivity contribution in [2.75, 3.05) is 11.9 Å². The van der Waals surface area contributed by atoms with Gasteiger partial charge in [0.25, 0.3) is 5.91 Å². The van der Waals surface area contributed by atoms with E-state index in [9.17, 15) is 22.8 Å². The molecule has 5 nitrogen and oxygen atoms in total. The van der Waals surface area contributed by atoms with Gasteiger partial charge in [0.1, 0.15) is 6.54 Å². The highest BCUT2D eigenvalue weighted by atomic mass is 19.4. The van der Waals surface area contributed by atoms with Gasteiger partial charge in [0, 0.05) is 17.3 Å². The first-order valence-corrected chi connectivity index (χ1v) is 6.36. The van der Waals surface area contributed by atoms with E-state index in [1.165, 1.54) is 24.3 Å². The Morgan fingerprint density at radius 3 is 2.29 bits per heavy atom. The van der Waals surface area contributed by atoms with Gasteiger partial charge in [-0.25, -0.2) is 4.79 Å². The maximum absolute atomic E-state index is 12.0. The standard InChI is InChI=1S/C13H14F3N3O2/c14-13(15,16)7-17-11(20)8-1-3-9(4-2-8)18-12(21)19-10-5-6-10/h1-4,10H,5-7H2,(H,17,20)(H2,18,19,21). The molecule has 0 aliphatic heterocycles. The number of carbonyl (C=O) groups is 2. The molecule has 0 bridgehead atoms. The van der Waals surface area contributed by atoms with Crippen molar-refractivity contribution in [3.05, 3.63) is 29.8 Å². The molecule has 3 amide bonds. The van der Waals surface area contributed by atoms with E-state index in [0.717, 1.165) is 12.8 Å². The monoisotopic (exact) mass is 301 g/mol. The largest absolute Gasteiger partial charge is 0.405 e. The molecule has 2 rings (SSSR count). The molecule has 0 spiro atoms. The van der Waals surface area contributed by atoms with Gasteiger partial charge in [-0.1, -0.05) is 0 Å². The van der Waals surface area contributed by atoms with Gasteiger partial charge >= 0.3 is 12.2 Å². The lowest BCUT2D eigenvalue weighted by atomic mass is 10.2. The molecule has 1 aliphatic rings. The van der Waals surface area contributed by atoms with Gasteiger partial charge in [-0.15, -0.1) is 0 Å². The predicted molar refractivity (Wildman–Crippen MR) is 70.0 cm³/mol. The van der Waals surface area contributed by atoms with Crippen LogP contribution in [0.2, 0.25) is 0 Å². The van der Waals surface area contributed by atoms with Crippen molar-refractivity contribution in [2.24, 2.45) is 0 Å². The molecule has 1 aromatic rings. The fraction of sp³-hybridized carbons (Fsp3) is 0.385. The fourth-order valence-corrected chi connectivity index (χ4v) is 1.57. The van der Waals surface area contributed by atoms with Crippen LogP contribution in [0.4, 0.5) is 23.7 Å². The quantitative estimate of drug-likeness (QED) is 0.798. The van der Waals surface area contributed by atoms with Crippen LogP contribution in [0.15, 0.2) is 24.3 Å². The molecular weight excluding hydrogens is 287 g/mol. The number of carbonyl (C=O) groups excluding carboxylic acids is 2. The van der Waals surface area contributed by atoms with Crippen LogP contribution >= 0.6 is 0 Å². The molecule has 8 heteroatoms. The molecule has 1 fully saturated rings. The summed E-state index contributed by atoms with van der Waals surface area (Å²) in [7, 11) is 0. The van der Waals surface area contributed by atoms with Gasteiger partial charge in [0.2, 0.25) is 0 Å². The van der Waals surface area contributed by atoms with Crippen LogP contribution in [0, 0.1) is 0 Å². The number of urea groups is 1. The Balaban J connectivity index is 1.85. The first-order chi connectivity index (χ1) is 9.83. The zero-order valence-electron chi connectivity index (χ0n) is 11.0. The predicted octanol–water partition coefficient (Wildman–Crippen LogP) is 2.26. The Morgan fingerprint density at radius 2 is 1.76 bits per heavy atom. The minimum absolute atomic E-state index is 0.0902. The Labute approximate surface area is 118 Å². The van der Waals surface area contributed by atoms with E-state index >= 15 is 0 Å². The molecule has 21 heavy (non-hydrogen) atoms.